The molecule has 8 nitrogen and oxygen atoms in total. The highest BCUT2D eigenvalue weighted by Crippen LogP contribution is 2.32. The zero-order chi connectivity index (χ0) is 18.6. The summed E-state index contributed by atoms with van der Waals surface area (Å²) in [4.78, 5) is 25.0. The van der Waals surface area contributed by atoms with Crippen LogP contribution >= 0.6 is 0 Å². The van der Waals surface area contributed by atoms with Crippen LogP contribution in [0.5, 0.6) is 11.5 Å². The fourth-order valence-electron chi connectivity index (χ4n) is 2.25. The number of rotatable bonds is 6. The lowest BCUT2D eigenvalue weighted by Gasteiger charge is -2.26. The van der Waals surface area contributed by atoms with Gasteiger partial charge < -0.3 is 29.6 Å². The molecule has 0 fully saturated rings. The van der Waals surface area contributed by atoms with Crippen molar-refractivity contribution in [1.29, 1.82) is 0 Å². The molecule has 1 amide bonds. The summed E-state index contributed by atoms with van der Waals surface area (Å²) in [7, 11) is 1.63. The second-order valence-electron chi connectivity index (χ2n) is 6.03. The number of esters is 1. The number of amides is 1. The molecule has 138 valence electrons. The van der Waals surface area contributed by atoms with Crippen LogP contribution in [0.15, 0.2) is 18.2 Å². The van der Waals surface area contributed by atoms with Crippen molar-refractivity contribution in [3.63, 3.8) is 0 Å². The van der Waals surface area contributed by atoms with Gasteiger partial charge in [-0.3, -0.25) is 4.79 Å². The zero-order valence-electron chi connectivity index (χ0n) is 14.9. The molecule has 0 radical (unpaired) electrons. The number of carbonyl (C=O) groups is 2. The minimum absolute atomic E-state index is 0.135. The van der Waals surface area contributed by atoms with Crippen LogP contribution in [0.2, 0.25) is 0 Å². The normalized spacial score (nSPS) is 15.9. The minimum Gasteiger partial charge on any atom is -0.454 e. The van der Waals surface area contributed by atoms with E-state index in [9.17, 15) is 9.59 Å². The van der Waals surface area contributed by atoms with Crippen molar-refractivity contribution in [2.45, 2.75) is 45.6 Å². The van der Waals surface area contributed by atoms with Crippen molar-refractivity contribution in [2.75, 3.05) is 13.8 Å². The quantitative estimate of drug-likeness (QED) is 0.614. The van der Waals surface area contributed by atoms with E-state index in [1.54, 1.807) is 7.05 Å². The number of nitrogens with zero attached hydrogens (tertiary/aromatic N) is 1. The van der Waals surface area contributed by atoms with Crippen molar-refractivity contribution >= 4 is 12.1 Å². The SMILES string of the molecule is CC(OC(=O)C(C)N)OC(=O)N(C)C(C)Cc1ccc2c(c1)OCO2. The number of fused-ring (bicyclic) bond motifs is 1. The molecule has 3 unspecified atom stereocenters. The van der Waals surface area contributed by atoms with Crippen molar-refractivity contribution in [3.8, 4) is 11.5 Å². The largest absolute Gasteiger partial charge is 0.454 e. The van der Waals surface area contributed by atoms with Gasteiger partial charge in [-0.2, -0.15) is 0 Å². The molecule has 1 aliphatic heterocycles. The Kier molecular flexibility index (Phi) is 6.08. The van der Waals surface area contributed by atoms with E-state index in [4.69, 9.17) is 24.7 Å². The summed E-state index contributed by atoms with van der Waals surface area (Å²) < 4.78 is 20.7. The molecule has 1 aliphatic rings. The lowest BCUT2D eigenvalue weighted by Crippen LogP contribution is -2.40. The van der Waals surface area contributed by atoms with Crippen molar-refractivity contribution in [3.05, 3.63) is 23.8 Å². The highest BCUT2D eigenvalue weighted by molar-refractivity contribution is 5.75. The van der Waals surface area contributed by atoms with Gasteiger partial charge in [0.25, 0.3) is 0 Å². The number of hydrogen-bond donors (Lipinski definition) is 1. The Morgan fingerprint density at radius 1 is 1.20 bits per heavy atom. The fraction of sp³-hybridized carbons (Fsp3) is 0.529. The molecule has 1 aromatic carbocycles. The third-order valence-corrected chi connectivity index (χ3v) is 3.84. The van der Waals surface area contributed by atoms with Crippen LogP contribution in [0, 0.1) is 0 Å². The molecule has 0 saturated carbocycles. The number of benzene rings is 1. The highest BCUT2D eigenvalue weighted by atomic mass is 16.7. The maximum atomic E-state index is 12.2. The summed E-state index contributed by atoms with van der Waals surface area (Å²) in [6.45, 7) is 5.08. The van der Waals surface area contributed by atoms with Gasteiger partial charge >= 0.3 is 12.1 Å². The number of likely N-dealkylation sites (N-methyl/N-ethyl adjacent to an activating group) is 1. The topological polar surface area (TPSA) is 100 Å². The summed E-state index contributed by atoms with van der Waals surface area (Å²) in [5, 5.41) is 0. The van der Waals surface area contributed by atoms with Gasteiger partial charge in [0.2, 0.25) is 13.1 Å². The monoisotopic (exact) mass is 352 g/mol. The molecule has 0 aliphatic carbocycles. The van der Waals surface area contributed by atoms with Gasteiger partial charge in [0.1, 0.15) is 6.04 Å². The molecule has 8 heteroatoms. The van der Waals surface area contributed by atoms with E-state index >= 15 is 0 Å². The van der Waals surface area contributed by atoms with Crippen LogP contribution in [0.3, 0.4) is 0 Å². The second kappa shape index (κ2) is 8.06. The summed E-state index contributed by atoms with van der Waals surface area (Å²) >= 11 is 0. The molecular formula is C17H24N2O6. The first-order valence-electron chi connectivity index (χ1n) is 8.06. The summed E-state index contributed by atoms with van der Waals surface area (Å²) in [6.07, 6.45) is -0.986. The molecule has 3 atom stereocenters. The third-order valence-electron chi connectivity index (χ3n) is 3.84. The van der Waals surface area contributed by atoms with Gasteiger partial charge in [0.05, 0.1) is 0 Å². The van der Waals surface area contributed by atoms with Crippen molar-refractivity contribution < 1.29 is 28.5 Å². The Balaban J connectivity index is 1.87. The van der Waals surface area contributed by atoms with Gasteiger partial charge in [0, 0.05) is 20.0 Å². The average Bonchev–Trinajstić information content (AvgIpc) is 3.01. The number of ether oxygens (including phenoxy) is 4. The van der Waals surface area contributed by atoms with Crippen molar-refractivity contribution in [1.82, 2.24) is 4.90 Å². The Labute approximate surface area is 146 Å². The van der Waals surface area contributed by atoms with E-state index in [1.807, 2.05) is 25.1 Å². The molecule has 1 aromatic rings. The molecule has 0 bridgehead atoms. The van der Waals surface area contributed by atoms with E-state index in [0.29, 0.717) is 17.9 Å². The molecule has 25 heavy (non-hydrogen) atoms. The summed E-state index contributed by atoms with van der Waals surface area (Å²) in [5.74, 6) is 0.789. The van der Waals surface area contributed by atoms with Crippen LogP contribution in [-0.2, 0) is 20.7 Å². The number of carbonyl (C=O) groups excluding carboxylic acids is 2. The molecule has 2 N–H and O–H groups in total. The lowest BCUT2D eigenvalue weighted by atomic mass is 10.1. The maximum absolute atomic E-state index is 12.2. The predicted molar refractivity (Wildman–Crippen MR) is 89.2 cm³/mol. The first-order chi connectivity index (χ1) is 11.8. The van der Waals surface area contributed by atoms with Crippen LogP contribution in [-0.4, -0.2) is 49.2 Å². The smallest absolute Gasteiger partial charge is 0.412 e. The second-order valence-corrected chi connectivity index (χ2v) is 6.03. The zero-order valence-corrected chi connectivity index (χ0v) is 14.9. The number of hydrogen-bond acceptors (Lipinski definition) is 7. The van der Waals surface area contributed by atoms with E-state index in [0.717, 1.165) is 5.56 Å². The van der Waals surface area contributed by atoms with Gasteiger partial charge in [-0.05, 0) is 38.0 Å². The standard InChI is InChI=1S/C17H24N2O6/c1-10(7-13-5-6-14-15(8-13)23-9-22-14)19(4)17(21)25-12(3)24-16(20)11(2)18/h5-6,8,10-12H,7,9,18H2,1-4H3. The molecule has 0 spiro atoms. The van der Waals surface area contributed by atoms with Gasteiger partial charge in [-0.25, -0.2) is 4.79 Å². The highest BCUT2D eigenvalue weighted by Gasteiger charge is 2.23. The molecule has 0 saturated heterocycles. The van der Waals surface area contributed by atoms with E-state index in [-0.39, 0.29) is 12.8 Å². The molecule has 2 rings (SSSR count). The van der Waals surface area contributed by atoms with Crippen LogP contribution < -0.4 is 15.2 Å². The molecular weight excluding hydrogens is 328 g/mol. The Hall–Kier alpha value is -2.48. The van der Waals surface area contributed by atoms with Gasteiger partial charge in [-0.1, -0.05) is 6.07 Å². The Morgan fingerprint density at radius 2 is 1.88 bits per heavy atom. The first kappa shape index (κ1) is 18.9. The van der Waals surface area contributed by atoms with Crippen LogP contribution in [0.4, 0.5) is 4.79 Å². The lowest BCUT2D eigenvalue weighted by molar-refractivity contribution is -0.167. The van der Waals surface area contributed by atoms with Gasteiger partial charge in [-0.15, -0.1) is 0 Å². The minimum atomic E-state index is -1.01. The summed E-state index contributed by atoms with van der Waals surface area (Å²) in [6, 6.07) is 4.76. The molecule has 0 aromatic heterocycles. The van der Waals surface area contributed by atoms with Crippen LogP contribution in [0.25, 0.3) is 0 Å². The van der Waals surface area contributed by atoms with Crippen LogP contribution in [0.1, 0.15) is 26.3 Å². The van der Waals surface area contributed by atoms with Gasteiger partial charge in [0.15, 0.2) is 11.5 Å². The summed E-state index contributed by atoms with van der Waals surface area (Å²) in [5.41, 5.74) is 6.41. The maximum Gasteiger partial charge on any atom is 0.412 e. The number of nitrogens with two attached hydrogens (primary N) is 1. The first-order valence-corrected chi connectivity index (χ1v) is 8.06. The Morgan fingerprint density at radius 3 is 2.56 bits per heavy atom. The predicted octanol–water partition coefficient (Wildman–Crippen LogP) is 1.65. The fourth-order valence-corrected chi connectivity index (χ4v) is 2.25. The van der Waals surface area contributed by atoms with E-state index in [1.165, 1.54) is 18.7 Å². The van der Waals surface area contributed by atoms with Crippen molar-refractivity contribution in [2.24, 2.45) is 5.73 Å². The Bertz CT molecular complexity index is 634. The van der Waals surface area contributed by atoms with E-state index in [2.05, 4.69) is 0 Å². The third kappa shape index (κ3) is 4.99. The average molecular weight is 352 g/mol. The molecule has 1 heterocycles. The van der Waals surface area contributed by atoms with E-state index < -0.39 is 24.4 Å².